The highest BCUT2D eigenvalue weighted by atomic mass is 35.5. The van der Waals surface area contributed by atoms with Crippen molar-refractivity contribution < 1.29 is 13.2 Å². The molecule has 2 aromatic carbocycles. The molecule has 2 aromatic rings. The molecule has 2 rings (SSSR count). The van der Waals surface area contributed by atoms with Crippen LogP contribution in [0, 0.1) is 0 Å². The van der Waals surface area contributed by atoms with Gasteiger partial charge in [0.15, 0.2) is 0 Å². The van der Waals surface area contributed by atoms with E-state index in [1.54, 1.807) is 24.3 Å². The van der Waals surface area contributed by atoms with E-state index in [-0.39, 0.29) is 18.9 Å². The molecule has 0 fully saturated rings. The van der Waals surface area contributed by atoms with Crippen LogP contribution in [0.2, 0.25) is 5.02 Å². The van der Waals surface area contributed by atoms with E-state index in [1.807, 2.05) is 30.3 Å². The Morgan fingerprint density at radius 2 is 1.68 bits per heavy atom. The summed E-state index contributed by atoms with van der Waals surface area (Å²) in [6.45, 7) is 0.506. The van der Waals surface area contributed by atoms with Gasteiger partial charge in [0.2, 0.25) is 10.0 Å². The highest BCUT2D eigenvalue weighted by molar-refractivity contribution is 7.89. The van der Waals surface area contributed by atoms with Crippen LogP contribution in [0.5, 0.6) is 5.75 Å². The maximum atomic E-state index is 11.9. The van der Waals surface area contributed by atoms with Gasteiger partial charge in [0, 0.05) is 11.6 Å². The standard InChI is InChI=1S/C16H18ClNO3S/c17-15-6-8-16(9-7-15)21-12-11-18-22(19,20)13-10-14-4-2-1-3-5-14/h1-9,18H,10-13H2. The van der Waals surface area contributed by atoms with E-state index in [9.17, 15) is 8.42 Å². The molecule has 0 amide bonds. The van der Waals surface area contributed by atoms with Crippen molar-refractivity contribution >= 4 is 21.6 Å². The molecule has 0 saturated carbocycles. The summed E-state index contributed by atoms with van der Waals surface area (Å²) in [6.07, 6.45) is 0.494. The number of ether oxygens (including phenoxy) is 1. The second-order valence-electron chi connectivity index (χ2n) is 4.75. The fraction of sp³-hybridized carbons (Fsp3) is 0.250. The van der Waals surface area contributed by atoms with Gasteiger partial charge in [-0.1, -0.05) is 41.9 Å². The first-order valence-electron chi connectivity index (χ1n) is 6.95. The Morgan fingerprint density at radius 3 is 2.36 bits per heavy atom. The lowest BCUT2D eigenvalue weighted by molar-refractivity contribution is 0.323. The smallest absolute Gasteiger partial charge is 0.212 e. The highest BCUT2D eigenvalue weighted by Gasteiger charge is 2.09. The summed E-state index contributed by atoms with van der Waals surface area (Å²) in [7, 11) is -3.29. The van der Waals surface area contributed by atoms with E-state index < -0.39 is 10.0 Å². The molecule has 0 spiro atoms. The number of halogens is 1. The third kappa shape index (κ3) is 6.05. The van der Waals surface area contributed by atoms with Gasteiger partial charge in [0.25, 0.3) is 0 Å². The molecule has 6 heteroatoms. The minimum absolute atomic E-state index is 0.0674. The minimum atomic E-state index is -3.29. The van der Waals surface area contributed by atoms with Crippen LogP contribution in [0.25, 0.3) is 0 Å². The molecule has 0 bridgehead atoms. The first kappa shape index (κ1) is 16.8. The van der Waals surface area contributed by atoms with Crippen molar-refractivity contribution in [2.24, 2.45) is 0 Å². The molecule has 0 heterocycles. The SMILES string of the molecule is O=S(=O)(CCc1ccccc1)NCCOc1ccc(Cl)cc1. The molecule has 0 radical (unpaired) electrons. The number of rotatable bonds is 8. The predicted octanol–water partition coefficient (Wildman–Crippen LogP) is 2.88. The second kappa shape index (κ2) is 8.17. The monoisotopic (exact) mass is 339 g/mol. The summed E-state index contributed by atoms with van der Waals surface area (Å²) in [5.74, 6) is 0.727. The van der Waals surface area contributed by atoms with Gasteiger partial charge < -0.3 is 4.74 Å². The Balaban J connectivity index is 1.70. The Hall–Kier alpha value is -1.56. The summed E-state index contributed by atoms with van der Waals surface area (Å²) in [4.78, 5) is 0. The predicted molar refractivity (Wildman–Crippen MR) is 88.9 cm³/mol. The molecule has 22 heavy (non-hydrogen) atoms. The third-order valence-corrected chi connectivity index (χ3v) is 4.65. The summed E-state index contributed by atoms with van der Waals surface area (Å²) in [6, 6.07) is 16.5. The summed E-state index contributed by atoms with van der Waals surface area (Å²) < 4.78 is 31.7. The van der Waals surface area contributed by atoms with E-state index in [4.69, 9.17) is 16.3 Å². The zero-order valence-corrected chi connectivity index (χ0v) is 13.6. The topological polar surface area (TPSA) is 55.4 Å². The van der Waals surface area contributed by atoms with Crippen molar-refractivity contribution in [2.45, 2.75) is 6.42 Å². The van der Waals surface area contributed by atoms with Crippen LogP contribution in [-0.4, -0.2) is 27.3 Å². The van der Waals surface area contributed by atoms with Gasteiger partial charge in [0.1, 0.15) is 12.4 Å². The average Bonchev–Trinajstić information content (AvgIpc) is 2.52. The molecular formula is C16H18ClNO3S. The third-order valence-electron chi connectivity index (χ3n) is 3.01. The number of sulfonamides is 1. The quantitative estimate of drug-likeness (QED) is 0.752. The number of nitrogens with one attached hydrogen (secondary N) is 1. The van der Waals surface area contributed by atoms with Crippen LogP contribution in [0.15, 0.2) is 54.6 Å². The molecule has 4 nitrogen and oxygen atoms in total. The number of hydrogen-bond donors (Lipinski definition) is 1. The molecule has 0 saturated heterocycles. The number of aryl methyl sites for hydroxylation is 1. The van der Waals surface area contributed by atoms with Crippen LogP contribution in [-0.2, 0) is 16.4 Å². The number of hydrogen-bond acceptors (Lipinski definition) is 3. The normalized spacial score (nSPS) is 11.3. The lowest BCUT2D eigenvalue weighted by Crippen LogP contribution is -2.31. The Kier molecular flexibility index (Phi) is 6.24. The van der Waals surface area contributed by atoms with E-state index >= 15 is 0 Å². The van der Waals surface area contributed by atoms with Crippen molar-refractivity contribution in [2.75, 3.05) is 18.9 Å². The first-order chi connectivity index (χ1) is 10.6. The lowest BCUT2D eigenvalue weighted by Gasteiger charge is -2.08. The van der Waals surface area contributed by atoms with Gasteiger partial charge >= 0.3 is 0 Å². The molecule has 0 atom stereocenters. The van der Waals surface area contributed by atoms with Crippen molar-refractivity contribution in [1.82, 2.24) is 4.72 Å². The largest absolute Gasteiger partial charge is 0.492 e. The highest BCUT2D eigenvalue weighted by Crippen LogP contribution is 2.15. The lowest BCUT2D eigenvalue weighted by atomic mass is 10.2. The van der Waals surface area contributed by atoms with Crippen molar-refractivity contribution in [3.63, 3.8) is 0 Å². The molecular weight excluding hydrogens is 322 g/mol. The average molecular weight is 340 g/mol. The van der Waals surface area contributed by atoms with Gasteiger partial charge in [-0.05, 0) is 36.2 Å². The van der Waals surface area contributed by atoms with E-state index in [2.05, 4.69) is 4.72 Å². The van der Waals surface area contributed by atoms with Crippen LogP contribution in [0.3, 0.4) is 0 Å². The van der Waals surface area contributed by atoms with Gasteiger partial charge in [0.05, 0.1) is 5.75 Å². The van der Waals surface area contributed by atoms with Crippen molar-refractivity contribution in [1.29, 1.82) is 0 Å². The fourth-order valence-electron chi connectivity index (χ4n) is 1.87. The van der Waals surface area contributed by atoms with Crippen LogP contribution in [0.1, 0.15) is 5.56 Å². The molecule has 0 aliphatic rings. The molecule has 0 unspecified atom stereocenters. The zero-order chi connectivity index (χ0) is 15.8. The first-order valence-corrected chi connectivity index (χ1v) is 8.98. The van der Waals surface area contributed by atoms with Crippen LogP contribution >= 0.6 is 11.6 Å². The molecule has 1 N–H and O–H groups in total. The Labute approximate surface area is 136 Å². The van der Waals surface area contributed by atoms with Gasteiger partial charge in [-0.25, -0.2) is 13.1 Å². The Morgan fingerprint density at radius 1 is 1.00 bits per heavy atom. The second-order valence-corrected chi connectivity index (χ2v) is 7.11. The summed E-state index contributed by atoms with van der Waals surface area (Å²) in [5.41, 5.74) is 1.00. The van der Waals surface area contributed by atoms with E-state index in [0.29, 0.717) is 17.2 Å². The minimum Gasteiger partial charge on any atom is -0.492 e. The molecule has 0 aliphatic heterocycles. The van der Waals surface area contributed by atoms with Crippen LogP contribution < -0.4 is 9.46 Å². The van der Waals surface area contributed by atoms with Crippen LogP contribution in [0.4, 0.5) is 0 Å². The zero-order valence-electron chi connectivity index (χ0n) is 12.0. The summed E-state index contributed by atoms with van der Waals surface area (Å²) >= 11 is 5.77. The summed E-state index contributed by atoms with van der Waals surface area (Å²) in [5, 5.41) is 0.633. The molecule has 0 aliphatic carbocycles. The van der Waals surface area contributed by atoms with Gasteiger partial charge in [-0.15, -0.1) is 0 Å². The van der Waals surface area contributed by atoms with Gasteiger partial charge in [-0.2, -0.15) is 0 Å². The van der Waals surface area contributed by atoms with E-state index in [0.717, 1.165) is 5.56 Å². The van der Waals surface area contributed by atoms with E-state index in [1.165, 1.54) is 0 Å². The molecule has 118 valence electrons. The van der Waals surface area contributed by atoms with Gasteiger partial charge in [-0.3, -0.25) is 0 Å². The number of benzene rings is 2. The Bertz CT molecular complexity index is 672. The maximum Gasteiger partial charge on any atom is 0.212 e. The van der Waals surface area contributed by atoms with Crippen molar-refractivity contribution in [3.8, 4) is 5.75 Å². The fourth-order valence-corrected chi connectivity index (χ4v) is 3.04. The molecule has 0 aromatic heterocycles. The maximum absolute atomic E-state index is 11.9. The van der Waals surface area contributed by atoms with Crippen molar-refractivity contribution in [3.05, 3.63) is 65.2 Å².